The lowest BCUT2D eigenvalue weighted by Crippen LogP contribution is -2.21. The molecule has 0 amide bonds. The summed E-state index contributed by atoms with van der Waals surface area (Å²) in [7, 11) is 0. The smallest absolute Gasteiger partial charge is 0.0587 e. The molecular formula is C7H15NO. The first-order valence-electron chi connectivity index (χ1n) is 3.75. The van der Waals surface area contributed by atoms with E-state index in [-0.39, 0.29) is 0 Å². The number of hydrogen-bond acceptors (Lipinski definition) is 2. The first-order chi connectivity index (χ1) is 4.43. The molecule has 0 aromatic heterocycles. The Morgan fingerprint density at radius 3 is 2.89 bits per heavy atom. The molecule has 0 spiro atoms. The van der Waals surface area contributed by atoms with Gasteiger partial charge in [-0.3, -0.25) is 0 Å². The van der Waals surface area contributed by atoms with Crippen molar-refractivity contribution in [2.45, 2.75) is 31.8 Å². The van der Waals surface area contributed by atoms with Crippen LogP contribution in [0.5, 0.6) is 0 Å². The van der Waals surface area contributed by atoms with Gasteiger partial charge in [0.2, 0.25) is 0 Å². The van der Waals surface area contributed by atoms with E-state index in [4.69, 9.17) is 10.5 Å². The molecule has 1 aliphatic heterocycles. The van der Waals surface area contributed by atoms with Gasteiger partial charge in [0.25, 0.3) is 0 Å². The molecule has 1 saturated heterocycles. The maximum atomic E-state index is 5.44. The van der Waals surface area contributed by atoms with E-state index in [1.807, 2.05) is 0 Å². The molecule has 0 aromatic rings. The molecule has 0 unspecified atom stereocenters. The van der Waals surface area contributed by atoms with Gasteiger partial charge in [0.1, 0.15) is 0 Å². The Kier molecular flexibility index (Phi) is 3.01. The number of rotatable bonds is 2. The number of ether oxygens (including phenoxy) is 1. The molecule has 1 aliphatic rings. The molecular weight excluding hydrogens is 114 g/mol. The van der Waals surface area contributed by atoms with Crippen molar-refractivity contribution in [2.24, 2.45) is 5.73 Å². The second kappa shape index (κ2) is 3.85. The van der Waals surface area contributed by atoms with Gasteiger partial charge in [-0.25, -0.2) is 0 Å². The average Bonchev–Trinajstić information content (AvgIpc) is 1.91. The molecule has 9 heavy (non-hydrogen) atoms. The second-order valence-electron chi connectivity index (χ2n) is 2.57. The highest BCUT2D eigenvalue weighted by Gasteiger charge is 2.11. The minimum atomic E-state index is 0.476. The standard InChI is InChI=1S/C7H15NO/c8-5-4-7-3-1-2-6-9-7/h7H,1-6,8H2/t7-/m1/s1. The third kappa shape index (κ3) is 2.33. The van der Waals surface area contributed by atoms with E-state index >= 15 is 0 Å². The third-order valence-electron chi connectivity index (χ3n) is 1.76. The summed E-state index contributed by atoms with van der Waals surface area (Å²) in [5, 5.41) is 0. The summed E-state index contributed by atoms with van der Waals surface area (Å²) in [5.74, 6) is 0. The van der Waals surface area contributed by atoms with Crippen LogP contribution in [0.25, 0.3) is 0 Å². The fraction of sp³-hybridized carbons (Fsp3) is 1.00. The fourth-order valence-electron chi connectivity index (χ4n) is 1.22. The average molecular weight is 129 g/mol. The Morgan fingerprint density at radius 1 is 1.44 bits per heavy atom. The monoisotopic (exact) mass is 129 g/mol. The van der Waals surface area contributed by atoms with Gasteiger partial charge in [-0.05, 0) is 32.2 Å². The maximum Gasteiger partial charge on any atom is 0.0587 e. The molecule has 0 bridgehead atoms. The zero-order valence-corrected chi connectivity index (χ0v) is 5.81. The molecule has 0 saturated carbocycles. The van der Waals surface area contributed by atoms with Gasteiger partial charge in [-0.1, -0.05) is 0 Å². The summed E-state index contributed by atoms with van der Waals surface area (Å²) in [4.78, 5) is 0. The predicted molar refractivity (Wildman–Crippen MR) is 37.3 cm³/mol. The molecule has 54 valence electrons. The summed E-state index contributed by atoms with van der Waals surface area (Å²) in [6.07, 6.45) is 5.30. The van der Waals surface area contributed by atoms with Crippen LogP contribution in [0.1, 0.15) is 25.7 Å². The van der Waals surface area contributed by atoms with Crippen LogP contribution < -0.4 is 5.73 Å². The van der Waals surface area contributed by atoms with Gasteiger partial charge in [0, 0.05) is 6.61 Å². The predicted octanol–water partition coefficient (Wildman–Crippen LogP) is 0.904. The van der Waals surface area contributed by atoms with E-state index in [0.29, 0.717) is 6.10 Å². The highest BCUT2D eigenvalue weighted by atomic mass is 16.5. The fourth-order valence-corrected chi connectivity index (χ4v) is 1.22. The lowest BCUT2D eigenvalue weighted by atomic mass is 10.1. The van der Waals surface area contributed by atoms with E-state index in [0.717, 1.165) is 19.6 Å². The van der Waals surface area contributed by atoms with E-state index < -0.39 is 0 Å². The largest absolute Gasteiger partial charge is 0.378 e. The zero-order valence-electron chi connectivity index (χ0n) is 5.81. The van der Waals surface area contributed by atoms with E-state index in [2.05, 4.69) is 0 Å². The second-order valence-corrected chi connectivity index (χ2v) is 2.57. The lowest BCUT2D eigenvalue weighted by molar-refractivity contribution is 0.0128. The van der Waals surface area contributed by atoms with Crippen LogP contribution in [-0.4, -0.2) is 19.3 Å². The summed E-state index contributed by atoms with van der Waals surface area (Å²) in [6.45, 7) is 1.72. The quantitative estimate of drug-likeness (QED) is 0.601. The topological polar surface area (TPSA) is 35.2 Å². The molecule has 2 heteroatoms. The molecule has 1 heterocycles. The highest BCUT2D eigenvalue weighted by Crippen LogP contribution is 2.14. The lowest BCUT2D eigenvalue weighted by Gasteiger charge is -2.21. The molecule has 0 aromatic carbocycles. The summed E-state index contributed by atoms with van der Waals surface area (Å²) >= 11 is 0. The maximum absolute atomic E-state index is 5.44. The minimum absolute atomic E-state index is 0.476. The molecule has 1 rings (SSSR count). The van der Waals surface area contributed by atoms with Crippen LogP contribution in [0.4, 0.5) is 0 Å². The van der Waals surface area contributed by atoms with Crippen molar-refractivity contribution in [2.75, 3.05) is 13.2 Å². The van der Waals surface area contributed by atoms with Crippen molar-refractivity contribution < 1.29 is 4.74 Å². The molecule has 1 fully saturated rings. The zero-order chi connectivity index (χ0) is 6.53. The number of hydrogen-bond donors (Lipinski definition) is 1. The molecule has 0 aliphatic carbocycles. The first kappa shape index (κ1) is 7.03. The first-order valence-corrected chi connectivity index (χ1v) is 3.75. The van der Waals surface area contributed by atoms with Crippen molar-refractivity contribution in [1.29, 1.82) is 0 Å². The Bertz CT molecular complexity index is 66.6. The third-order valence-corrected chi connectivity index (χ3v) is 1.76. The van der Waals surface area contributed by atoms with Crippen LogP contribution in [0.3, 0.4) is 0 Å². The van der Waals surface area contributed by atoms with E-state index in [1.165, 1.54) is 19.3 Å². The summed E-state index contributed by atoms with van der Waals surface area (Å²) in [6, 6.07) is 0. The Balaban J connectivity index is 2.08. The molecule has 1 atom stereocenters. The van der Waals surface area contributed by atoms with Crippen LogP contribution in [0.2, 0.25) is 0 Å². The van der Waals surface area contributed by atoms with Gasteiger partial charge in [-0.15, -0.1) is 0 Å². The van der Waals surface area contributed by atoms with Gasteiger partial charge >= 0.3 is 0 Å². The summed E-state index contributed by atoms with van der Waals surface area (Å²) in [5.41, 5.74) is 5.38. The Morgan fingerprint density at radius 2 is 2.33 bits per heavy atom. The highest BCUT2D eigenvalue weighted by molar-refractivity contribution is 4.63. The van der Waals surface area contributed by atoms with Crippen LogP contribution in [0.15, 0.2) is 0 Å². The van der Waals surface area contributed by atoms with Gasteiger partial charge < -0.3 is 10.5 Å². The molecule has 0 radical (unpaired) electrons. The van der Waals surface area contributed by atoms with Gasteiger partial charge in [0.15, 0.2) is 0 Å². The van der Waals surface area contributed by atoms with Crippen molar-refractivity contribution in [1.82, 2.24) is 0 Å². The molecule has 2 N–H and O–H groups in total. The van der Waals surface area contributed by atoms with Crippen molar-refractivity contribution in [3.05, 3.63) is 0 Å². The minimum Gasteiger partial charge on any atom is -0.378 e. The Labute approximate surface area is 56.4 Å². The van der Waals surface area contributed by atoms with Crippen LogP contribution in [0, 0.1) is 0 Å². The normalized spacial score (nSPS) is 28.3. The van der Waals surface area contributed by atoms with Crippen molar-refractivity contribution >= 4 is 0 Å². The SMILES string of the molecule is NCC[C@H]1CCCCO1. The van der Waals surface area contributed by atoms with Crippen molar-refractivity contribution in [3.8, 4) is 0 Å². The van der Waals surface area contributed by atoms with E-state index in [9.17, 15) is 0 Å². The summed E-state index contributed by atoms with van der Waals surface area (Å²) < 4.78 is 5.44. The number of nitrogens with two attached hydrogens (primary N) is 1. The van der Waals surface area contributed by atoms with Crippen molar-refractivity contribution in [3.63, 3.8) is 0 Å². The molecule has 2 nitrogen and oxygen atoms in total. The van der Waals surface area contributed by atoms with E-state index in [1.54, 1.807) is 0 Å². The van der Waals surface area contributed by atoms with Gasteiger partial charge in [0.05, 0.1) is 6.10 Å². The van der Waals surface area contributed by atoms with Crippen LogP contribution in [-0.2, 0) is 4.74 Å². The Hall–Kier alpha value is -0.0800. The van der Waals surface area contributed by atoms with Crippen LogP contribution >= 0.6 is 0 Å². The van der Waals surface area contributed by atoms with Gasteiger partial charge in [-0.2, -0.15) is 0 Å².